The van der Waals surface area contributed by atoms with Gasteiger partial charge in [-0.2, -0.15) is 4.98 Å². The molecule has 1 N–H and O–H groups in total. The van der Waals surface area contributed by atoms with Crippen molar-refractivity contribution in [3.63, 3.8) is 0 Å². The van der Waals surface area contributed by atoms with E-state index in [-0.39, 0.29) is 12.3 Å². The standard InChI is InChI=1S/C22H19ClFN5O4S/c1-3-33-20(30)18-12(2)25-21-26-22(34-11-14-4-7-15(24)10-17(14)23)27-28(21)19(18)13-5-8-16(9-6-13)29(31)32/h4-10,19H,3,11H2,1-2H3,(H,25,26,27). The summed E-state index contributed by atoms with van der Waals surface area (Å²) in [6.45, 7) is 3.63. The Morgan fingerprint density at radius 3 is 2.71 bits per heavy atom. The van der Waals surface area contributed by atoms with Crippen LogP contribution >= 0.6 is 23.4 Å². The molecule has 0 radical (unpaired) electrons. The third kappa shape index (κ3) is 4.75. The lowest BCUT2D eigenvalue weighted by atomic mass is 9.95. The fourth-order valence-corrected chi connectivity index (χ4v) is 4.68. The van der Waals surface area contributed by atoms with Crippen molar-refractivity contribution in [3.05, 3.63) is 85.8 Å². The molecule has 176 valence electrons. The Bertz CT molecular complexity index is 1290. The Balaban J connectivity index is 1.69. The van der Waals surface area contributed by atoms with Crippen molar-refractivity contribution in [2.45, 2.75) is 30.8 Å². The molecule has 1 unspecified atom stereocenters. The number of nitrogens with one attached hydrogen (secondary N) is 1. The third-order valence-electron chi connectivity index (χ3n) is 5.12. The molecule has 1 aliphatic rings. The zero-order valence-corrected chi connectivity index (χ0v) is 19.7. The number of halogens is 2. The van der Waals surface area contributed by atoms with Crippen molar-refractivity contribution in [1.29, 1.82) is 0 Å². The zero-order chi connectivity index (χ0) is 24.4. The molecular weight excluding hydrogens is 485 g/mol. The van der Waals surface area contributed by atoms with Gasteiger partial charge in [0.15, 0.2) is 0 Å². The van der Waals surface area contributed by atoms with Gasteiger partial charge in [-0.25, -0.2) is 13.9 Å². The van der Waals surface area contributed by atoms with E-state index < -0.39 is 22.8 Å². The van der Waals surface area contributed by atoms with Crippen molar-refractivity contribution in [1.82, 2.24) is 14.8 Å². The highest BCUT2D eigenvalue weighted by Crippen LogP contribution is 2.37. The topological polar surface area (TPSA) is 112 Å². The van der Waals surface area contributed by atoms with Gasteiger partial charge in [0.25, 0.3) is 5.69 Å². The smallest absolute Gasteiger partial charge is 0.338 e. The highest BCUT2D eigenvalue weighted by atomic mass is 35.5. The van der Waals surface area contributed by atoms with E-state index >= 15 is 0 Å². The van der Waals surface area contributed by atoms with E-state index in [0.29, 0.717) is 38.7 Å². The van der Waals surface area contributed by atoms with Crippen molar-refractivity contribution < 1.29 is 18.8 Å². The normalized spacial score (nSPS) is 15.0. The summed E-state index contributed by atoms with van der Waals surface area (Å²) in [4.78, 5) is 27.9. The summed E-state index contributed by atoms with van der Waals surface area (Å²) < 4.78 is 20.1. The van der Waals surface area contributed by atoms with E-state index in [9.17, 15) is 19.3 Å². The van der Waals surface area contributed by atoms with Crippen LogP contribution in [0.4, 0.5) is 16.0 Å². The van der Waals surface area contributed by atoms with E-state index in [1.165, 1.54) is 36.0 Å². The van der Waals surface area contributed by atoms with Crippen LogP contribution in [0.5, 0.6) is 0 Å². The number of esters is 1. The average molecular weight is 504 g/mol. The number of non-ortho nitro benzene ring substituents is 1. The lowest BCUT2D eigenvalue weighted by molar-refractivity contribution is -0.384. The molecule has 1 aromatic heterocycles. The number of allylic oxidation sites excluding steroid dienone is 1. The van der Waals surface area contributed by atoms with Gasteiger partial charge < -0.3 is 10.1 Å². The van der Waals surface area contributed by atoms with Crippen LogP contribution in [-0.2, 0) is 15.3 Å². The van der Waals surface area contributed by atoms with Gasteiger partial charge in [0.2, 0.25) is 11.1 Å². The second-order valence-corrected chi connectivity index (χ2v) is 8.67. The maximum Gasteiger partial charge on any atom is 0.338 e. The average Bonchev–Trinajstić information content (AvgIpc) is 3.20. The molecule has 1 aliphatic heterocycles. The van der Waals surface area contributed by atoms with Crippen LogP contribution in [0.3, 0.4) is 0 Å². The van der Waals surface area contributed by atoms with E-state index in [2.05, 4.69) is 15.4 Å². The molecule has 9 nitrogen and oxygen atoms in total. The first-order valence-electron chi connectivity index (χ1n) is 10.2. The maximum absolute atomic E-state index is 13.3. The fourth-order valence-electron chi connectivity index (χ4n) is 3.53. The first-order chi connectivity index (χ1) is 16.3. The minimum Gasteiger partial charge on any atom is -0.463 e. The van der Waals surface area contributed by atoms with E-state index in [1.807, 2.05) is 0 Å². The fraction of sp³-hybridized carbons (Fsp3) is 0.227. The molecule has 4 rings (SSSR count). The summed E-state index contributed by atoms with van der Waals surface area (Å²) in [5, 5.41) is 19.5. The van der Waals surface area contributed by atoms with Crippen molar-refractivity contribution >= 4 is 41.0 Å². The highest BCUT2D eigenvalue weighted by Gasteiger charge is 2.35. The molecule has 0 saturated carbocycles. The second-order valence-electron chi connectivity index (χ2n) is 7.32. The van der Waals surface area contributed by atoms with Gasteiger partial charge in [0.1, 0.15) is 11.9 Å². The second kappa shape index (κ2) is 9.82. The number of nitro benzene ring substituents is 1. The van der Waals surface area contributed by atoms with Crippen LogP contribution in [-0.4, -0.2) is 32.3 Å². The van der Waals surface area contributed by atoms with Crippen molar-refractivity contribution in [2.75, 3.05) is 11.9 Å². The molecule has 3 aromatic rings. The minimum absolute atomic E-state index is 0.0673. The first-order valence-corrected chi connectivity index (χ1v) is 11.6. The zero-order valence-electron chi connectivity index (χ0n) is 18.1. The van der Waals surface area contributed by atoms with Gasteiger partial charge in [-0.15, -0.1) is 5.10 Å². The van der Waals surface area contributed by atoms with Crippen LogP contribution < -0.4 is 5.32 Å². The molecule has 0 saturated heterocycles. The lowest BCUT2D eigenvalue weighted by Gasteiger charge is -2.28. The first kappa shape index (κ1) is 23.7. The number of thioether (sulfide) groups is 1. The number of aromatic nitrogens is 3. The number of ether oxygens (including phenoxy) is 1. The van der Waals surface area contributed by atoms with Crippen LogP contribution in [0, 0.1) is 15.9 Å². The number of benzene rings is 2. The number of nitrogens with zero attached hydrogens (tertiary/aromatic N) is 4. The number of nitro groups is 1. The summed E-state index contributed by atoms with van der Waals surface area (Å²) in [5.74, 6) is -0.134. The molecule has 0 amide bonds. The summed E-state index contributed by atoms with van der Waals surface area (Å²) in [7, 11) is 0. The van der Waals surface area contributed by atoms with Crippen LogP contribution in [0.2, 0.25) is 5.02 Å². The predicted octanol–water partition coefficient (Wildman–Crippen LogP) is 5.12. The lowest BCUT2D eigenvalue weighted by Crippen LogP contribution is -2.29. The molecule has 12 heteroatoms. The Morgan fingerprint density at radius 2 is 2.06 bits per heavy atom. The van der Waals surface area contributed by atoms with E-state index in [0.717, 1.165) is 5.56 Å². The van der Waals surface area contributed by atoms with Gasteiger partial charge >= 0.3 is 5.97 Å². The Kier molecular flexibility index (Phi) is 6.85. The number of hydrogen-bond acceptors (Lipinski definition) is 8. The number of carbonyl (C=O) groups is 1. The van der Waals surface area contributed by atoms with Crippen LogP contribution in [0.1, 0.15) is 31.0 Å². The monoisotopic (exact) mass is 503 g/mol. The molecule has 2 aromatic carbocycles. The quantitative estimate of drug-likeness (QED) is 0.204. The molecular formula is C22H19ClFN5O4S. The van der Waals surface area contributed by atoms with Crippen molar-refractivity contribution in [3.8, 4) is 0 Å². The number of carbonyl (C=O) groups excluding carboxylic acids is 1. The van der Waals surface area contributed by atoms with Crippen LogP contribution in [0.25, 0.3) is 0 Å². The SMILES string of the molecule is CCOC(=O)C1=C(C)Nc2nc(SCc3ccc(F)cc3Cl)nn2C1c1ccc([N+](=O)[O-])cc1. The van der Waals surface area contributed by atoms with E-state index in [1.54, 1.807) is 36.7 Å². The molecule has 0 aliphatic carbocycles. The summed E-state index contributed by atoms with van der Waals surface area (Å²) in [5.41, 5.74) is 2.13. The summed E-state index contributed by atoms with van der Waals surface area (Å²) in [6.07, 6.45) is 0. The Labute approximate surface area is 203 Å². The maximum atomic E-state index is 13.3. The van der Waals surface area contributed by atoms with Crippen molar-refractivity contribution in [2.24, 2.45) is 0 Å². The Morgan fingerprint density at radius 1 is 1.32 bits per heavy atom. The third-order valence-corrected chi connectivity index (χ3v) is 6.36. The largest absolute Gasteiger partial charge is 0.463 e. The number of fused-ring (bicyclic) bond motifs is 1. The van der Waals surface area contributed by atoms with Gasteiger partial charge in [0.05, 0.1) is 17.1 Å². The number of hydrogen-bond donors (Lipinski definition) is 1. The van der Waals surface area contributed by atoms with Gasteiger partial charge in [0, 0.05) is 28.6 Å². The molecule has 0 bridgehead atoms. The highest BCUT2D eigenvalue weighted by molar-refractivity contribution is 7.98. The van der Waals surface area contributed by atoms with Crippen LogP contribution in [0.15, 0.2) is 58.9 Å². The molecule has 1 atom stereocenters. The van der Waals surface area contributed by atoms with Gasteiger partial charge in [-0.05, 0) is 49.2 Å². The number of anilines is 1. The van der Waals surface area contributed by atoms with Gasteiger partial charge in [-0.3, -0.25) is 10.1 Å². The molecule has 0 spiro atoms. The van der Waals surface area contributed by atoms with E-state index in [4.69, 9.17) is 16.3 Å². The van der Waals surface area contributed by atoms with Gasteiger partial charge in [-0.1, -0.05) is 29.4 Å². The summed E-state index contributed by atoms with van der Waals surface area (Å²) in [6, 6.07) is 9.38. The molecule has 34 heavy (non-hydrogen) atoms. The molecule has 2 heterocycles. The minimum atomic E-state index is -0.702. The summed E-state index contributed by atoms with van der Waals surface area (Å²) >= 11 is 7.42. The Hall–Kier alpha value is -3.44. The molecule has 0 fully saturated rings. The predicted molar refractivity (Wildman–Crippen MR) is 125 cm³/mol. The number of rotatable bonds is 7.